The van der Waals surface area contributed by atoms with Crippen molar-refractivity contribution < 1.29 is 14.3 Å². The second kappa shape index (κ2) is 5.71. The molecule has 2 unspecified atom stereocenters. The van der Waals surface area contributed by atoms with Crippen LogP contribution in [-0.4, -0.2) is 42.9 Å². The first-order valence-corrected chi connectivity index (χ1v) is 6.70. The normalized spacial score (nSPS) is 30.6. The summed E-state index contributed by atoms with van der Waals surface area (Å²) in [6.07, 6.45) is 6.62. The number of amides is 1. The second-order valence-electron chi connectivity index (χ2n) is 5.21. The fourth-order valence-corrected chi connectivity index (χ4v) is 2.83. The molecular weight excluding hydrogens is 218 g/mol. The van der Waals surface area contributed by atoms with Gasteiger partial charge >= 0.3 is 6.09 Å². The van der Waals surface area contributed by atoms with Crippen LogP contribution in [0, 0.1) is 0 Å². The molecule has 98 valence electrons. The fraction of sp³-hybridized carbons (Fsp3) is 0.923. The molecule has 1 saturated carbocycles. The molecule has 1 heterocycles. The number of likely N-dealkylation sites (tertiary alicyclic amines) is 1. The van der Waals surface area contributed by atoms with E-state index < -0.39 is 0 Å². The van der Waals surface area contributed by atoms with Gasteiger partial charge < -0.3 is 14.4 Å². The van der Waals surface area contributed by atoms with Gasteiger partial charge in [0.2, 0.25) is 0 Å². The monoisotopic (exact) mass is 241 g/mol. The number of hydrogen-bond acceptors (Lipinski definition) is 3. The second-order valence-corrected chi connectivity index (χ2v) is 5.21. The van der Waals surface area contributed by atoms with Crippen LogP contribution in [-0.2, 0) is 9.47 Å². The summed E-state index contributed by atoms with van der Waals surface area (Å²) in [5.74, 6) is 0. The average molecular weight is 241 g/mol. The van der Waals surface area contributed by atoms with E-state index in [0.717, 1.165) is 32.2 Å². The summed E-state index contributed by atoms with van der Waals surface area (Å²) in [5, 5.41) is 0. The fourth-order valence-electron chi connectivity index (χ4n) is 2.83. The Hall–Kier alpha value is -0.770. The minimum atomic E-state index is -0.126. The molecule has 0 N–H and O–H groups in total. The number of hydrogen-bond donors (Lipinski definition) is 0. The molecule has 2 rings (SSSR count). The Morgan fingerprint density at radius 3 is 2.47 bits per heavy atom. The summed E-state index contributed by atoms with van der Waals surface area (Å²) in [7, 11) is 1.74. The maximum atomic E-state index is 12.0. The smallest absolute Gasteiger partial charge is 0.410 e. The van der Waals surface area contributed by atoms with Crippen LogP contribution in [0.15, 0.2) is 0 Å². The highest BCUT2D eigenvalue weighted by Crippen LogP contribution is 2.24. The zero-order valence-corrected chi connectivity index (χ0v) is 10.9. The summed E-state index contributed by atoms with van der Waals surface area (Å²) < 4.78 is 10.9. The van der Waals surface area contributed by atoms with Crippen LogP contribution in [0.2, 0.25) is 0 Å². The van der Waals surface area contributed by atoms with Crippen LogP contribution < -0.4 is 0 Å². The largest absolute Gasteiger partial charge is 0.446 e. The Morgan fingerprint density at radius 2 is 1.88 bits per heavy atom. The molecule has 2 fully saturated rings. The van der Waals surface area contributed by atoms with Gasteiger partial charge in [0, 0.05) is 19.7 Å². The van der Waals surface area contributed by atoms with Crippen molar-refractivity contribution in [2.75, 3.05) is 13.7 Å². The van der Waals surface area contributed by atoms with Crippen molar-refractivity contribution in [2.45, 2.75) is 63.7 Å². The van der Waals surface area contributed by atoms with Crippen LogP contribution in [0.25, 0.3) is 0 Å². The number of nitrogens with zero attached hydrogens (tertiary/aromatic N) is 1. The third-order valence-electron chi connectivity index (χ3n) is 3.97. The Bertz CT molecular complexity index is 263. The van der Waals surface area contributed by atoms with E-state index in [9.17, 15) is 4.79 Å². The molecule has 0 bridgehead atoms. The first-order chi connectivity index (χ1) is 8.20. The standard InChI is InChI=1S/C13H23NO3/c1-10-9-12(16-2)7-8-14(10)13(15)17-11-5-3-4-6-11/h10-12H,3-9H2,1-2H3. The van der Waals surface area contributed by atoms with E-state index >= 15 is 0 Å². The summed E-state index contributed by atoms with van der Waals surface area (Å²) in [5.41, 5.74) is 0. The highest BCUT2D eigenvalue weighted by atomic mass is 16.6. The third-order valence-corrected chi connectivity index (χ3v) is 3.97. The van der Waals surface area contributed by atoms with Gasteiger partial charge in [0.05, 0.1) is 6.10 Å². The van der Waals surface area contributed by atoms with Crippen molar-refractivity contribution >= 4 is 6.09 Å². The predicted octanol–water partition coefficient (Wildman–Crippen LogP) is 2.56. The van der Waals surface area contributed by atoms with Crippen molar-refractivity contribution in [1.82, 2.24) is 4.90 Å². The van der Waals surface area contributed by atoms with Crippen LogP contribution >= 0.6 is 0 Å². The van der Waals surface area contributed by atoms with E-state index in [4.69, 9.17) is 9.47 Å². The Morgan fingerprint density at radius 1 is 1.18 bits per heavy atom. The van der Waals surface area contributed by atoms with Crippen LogP contribution in [0.1, 0.15) is 45.4 Å². The number of methoxy groups -OCH3 is 1. The lowest BCUT2D eigenvalue weighted by atomic mass is 10.0. The molecule has 2 aliphatic rings. The molecule has 0 aromatic heterocycles. The molecule has 1 aliphatic carbocycles. The molecule has 4 heteroatoms. The van der Waals surface area contributed by atoms with Crippen molar-refractivity contribution in [1.29, 1.82) is 0 Å². The van der Waals surface area contributed by atoms with E-state index in [1.807, 2.05) is 4.90 Å². The number of piperidine rings is 1. The molecule has 17 heavy (non-hydrogen) atoms. The van der Waals surface area contributed by atoms with E-state index in [1.54, 1.807) is 7.11 Å². The van der Waals surface area contributed by atoms with Crippen molar-refractivity contribution in [3.05, 3.63) is 0 Å². The summed E-state index contributed by atoms with van der Waals surface area (Å²) in [4.78, 5) is 13.9. The molecule has 1 amide bonds. The van der Waals surface area contributed by atoms with Crippen molar-refractivity contribution in [3.63, 3.8) is 0 Å². The van der Waals surface area contributed by atoms with Crippen LogP contribution in [0.5, 0.6) is 0 Å². The van der Waals surface area contributed by atoms with Gasteiger partial charge in [-0.1, -0.05) is 0 Å². The van der Waals surface area contributed by atoms with Gasteiger partial charge in [-0.3, -0.25) is 0 Å². The minimum Gasteiger partial charge on any atom is -0.446 e. The van der Waals surface area contributed by atoms with Gasteiger partial charge in [0.15, 0.2) is 0 Å². The number of carbonyl (C=O) groups excluding carboxylic acids is 1. The molecule has 0 aromatic carbocycles. The van der Waals surface area contributed by atoms with Crippen molar-refractivity contribution in [2.24, 2.45) is 0 Å². The zero-order valence-electron chi connectivity index (χ0n) is 10.9. The molecule has 0 aromatic rings. The lowest BCUT2D eigenvalue weighted by Crippen LogP contribution is -2.47. The van der Waals surface area contributed by atoms with E-state index in [2.05, 4.69) is 6.92 Å². The molecule has 2 atom stereocenters. The van der Waals surface area contributed by atoms with Gasteiger partial charge in [-0.05, 0) is 45.4 Å². The topological polar surface area (TPSA) is 38.8 Å². The Balaban J connectivity index is 1.82. The van der Waals surface area contributed by atoms with Crippen LogP contribution in [0.3, 0.4) is 0 Å². The number of rotatable bonds is 2. The van der Waals surface area contributed by atoms with Gasteiger partial charge in [-0.2, -0.15) is 0 Å². The summed E-state index contributed by atoms with van der Waals surface area (Å²) in [6.45, 7) is 2.83. The van der Waals surface area contributed by atoms with Gasteiger partial charge in [-0.25, -0.2) is 4.79 Å². The lowest BCUT2D eigenvalue weighted by Gasteiger charge is -2.36. The zero-order chi connectivity index (χ0) is 12.3. The number of ether oxygens (including phenoxy) is 2. The van der Waals surface area contributed by atoms with Gasteiger partial charge in [0.1, 0.15) is 6.10 Å². The first kappa shape index (κ1) is 12.7. The average Bonchev–Trinajstić information content (AvgIpc) is 2.81. The quantitative estimate of drug-likeness (QED) is 0.746. The maximum absolute atomic E-state index is 12.0. The molecule has 0 spiro atoms. The van der Waals surface area contributed by atoms with Gasteiger partial charge in [0.25, 0.3) is 0 Å². The number of carbonyl (C=O) groups is 1. The van der Waals surface area contributed by atoms with E-state index in [0.29, 0.717) is 6.10 Å². The Kier molecular flexibility index (Phi) is 4.26. The third kappa shape index (κ3) is 3.12. The predicted molar refractivity (Wildman–Crippen MR) is 64.9 cm³/mol. The molecule has 4 nitrogen and oxygen atoms in total. The highest BCUT2D eigenvalue weighted by Gasteiger charge is 2.31. The highest BCUT2D eigenvalue weighted by molar-refractivity contribution is 5.68. The summed E-state index contributed by atoms with van der Waals surface area (Å²) in [6, 6.07) is 0.225. The lowest BCUT2D eigenvalue weighted by molar-refractivity contribution is 0.00182. The molecule has 0 radical (unpaired) electrons. The molecule has 1 aliphatic heterocycles. The Labute approximate surface area is 103 Å². The molecule has 1 saturated heterocycles. The van der Waals surface area contributed by atoms with Crippen molar-refractivity contribution in [3.8, 4) is 0 Å². The van der Waals surface area contributed by atoms with Gasteiger partial charge in [-0.15, -0.1) is 0 Å². The molecular formula is C13H23NO3. The minimum absolute atomic E-state index is 0.126. The van der Waals surface area contributed by atoms with E-state index in [-0.39, 0.29) is 18.2 Å². The first-order valence-electron chi connectivity index (χ1n) is 6.70. The van der Waals surface area contributed by atoms with E-state index in [1.165, 1.54) is 12.8 Å². The summed E-state index contributed by atoms with van der Waals surface area (Å²) >= 11 is 0. The maximum Gasteiger partial charge on any atom is 0.410 e. The van der Waals surface area contributed by atoms with Crippen LogP contribution in [0.4, 0.5) is 4.79 Å². The SMILES string of the molecule is COC1CCN(C(=O)OC2CCCC2)C(C)C1.